The van der Waals surface area contributed by atoms with Gasteiger partial charge in [-0.05, 0) is 24.3 Å². The molecule has 0 aromatic heterocycles. The van der Waals surface area contributed by atoms with E-state index in [0.29, 0.717) is 24.3 Å². The Labute approximate surface area is 103 Å². The van der Waals surface area contributed by atoms with Crippen LogP contribution in [0.2, 0.25) is 0 Å². The number of alkyl halides is 6. The van der Waals surface area contributed by atoms with Gasteiger partial charge in [0.2, 0.25) is 0 Å². The van der Waals surface area contributed by atoms with E-state index in [-0.39, 0.29) is 0 Å². The zero-order valence-electron chi connectivity index (χ0n) is 8.92. The lowest BCUT2D eigenvalue weighted by Crippen LogP contribution is -2.20. The lowest BCUT2D eigenvalue weighted by Gasteiger charge is -2.09. The molecule has 0 aliphatic carbocycles. The van der Waals surface area contributed by atoms with Gasteiger partial charge in [0.1, 0.15) is 0 Å². The first-order chi connectivity index (χ1) is 8.42. The van der Waals surface area contributed by atoms with Crippen molar-refractivity contribution in [3.05, 3.63) is 29.8 Å². The highest BCUT2D eigenvalue weighted by atomic mass is 32.2. The molecule has 0 saturated carbocycles. The molecule has 1 rings (SSSR count). The Kier molecular flexibility index (Phi) is 4.15. The fourth-order valence-corrected chi connectivity index (χ4v) is 1.92. The maximum absolute atomic E-state index is 12.2. The quantitative estimate of drug-likeness (QED) is 0.637. The van der Waals surface area contributed by atoms with Crippen molar-refractivity contribution in [3.8, 4) is 0 Å². The molecule has 0 bridgehead atoms. The summed E-state index contributed by atoms with van der Waals surface area (Å²) in [5.74, 6) is 0. The van der Waals surface area contributed by atoms with Crippen molar-refractivity contribution in [2.75, 3.05) is 6.61 Å². The van der Waals surface area contributed by atoms with Crippen molar-refractivity contribution in [3.63, 3.8) is 0 Å². The zero-order valence-corrected chi connectivity index (χ0v) is 9.73. The van der Waals surface area contributed by atoms with Gasteiger partial charge in [-0.3, -0.25) is 4.18 Å². The van der Waals surface area contributed by atoms with Crippen LogP contribution in [0.4, 0.5) is 26.3 Å². The molecule has 0 heterocycles. The number of halogens is 6. The number of benzene rings is 1. The van der Waals surface area contributed by atoms with Gasteiger partial charge in [0, 0.05) is 0 Å². The predicted molar refractivity (Wildman–Crippen MR) is 50.6 cm³/mol. The van der Waals surface area contributed by atoms with Gasteiger partial charge in [-0.1, -0.05) is 0 Å². The van der Waals surface area contributed by atoms with Crippen LogP contribution in [0.25, 0.3) is 0 Å². The average molecular weight is 308 g/mol. The monoisotopic (exact) mass is 308 g/mol. The third-order valence-electron chi connectivity index (χ3n) is 1.85. The number of rotatable bonds is 3. The minimum atomic E-state index is -4.86. The fourth-order valence-electron chi connectivity index (χ4n) is 1.02. The Morgan fingerprint density at radius 2 is 1.42 bits per heavy atom. The second-order valence-electron chi connectivity index (χ2n) is 3.35. The summed E-state index contributed by atoms with van der Waals surface area (Å²) in [7, 11) is -4.74. The van der Waals surface area contributed by atoms with E-state index in [4.69, 9.17) is 0 Å². The number of hydrogen-bond acceptors (Lipinski definition) is 3. The van der Waals surface area contributed by atoms with Gasteiger partial charge < -0.3 is 0 Å². The smallest absolute Gasteiger partial charge is 0.257 e. The molecule has 19 heavy (non-hydrogen) atoms. The van der Waals surface area contributed by atoms with Crippen LogP contribution in [0.5, 0.6) is 0 Å². The molecule has 0 radical (unpaired) electrons. The lowest BCUT2D eigenvalue weighted by molar-refractivity contribution is -0.152. The molecule has 0 spiro atoms. The van der Waals surface area contributed by atoms with E-state index < -0.39 is 39.5 Å². The molecule has 1 aromatic carbocycles. The molecule has 0 amide bonds. The van der Waals surface area contributed by atoms with E-state index in [0.717, 1.165) is 0 Å². The molecular weight excluding hydrogens is 302 g/mol. The summed E-state index contributed by atoms with van der Waals surface area (Å²) < 4.78 is 98.1. The highest BCUT2D eigenvalue weighted by Gasteiger charge is 2.33. The van der Waals surface area contributed by atoms with Crippen LogP contribution in [0.1, 0.15) is 5.56 Å². The summed E-state index contributed by atoms with van der Waals surface area (Å²) in [6, 6.07) is 1.91. The lowest BCUT2D eigenvalue weighted by atomic mass is 10.2. The summed E-state index contributed by atoms with van der Waals surface area (Å²) in [5.41, 5.74) is -1.12. The van der Waals surface area contributed by atoms with Crippen molar-refractivity contribution in [2.45, 2.75) is 17.2 Å². The van der Waals surface area contributed by atoms with Gasteiger partial charge in [-0.25, -0.2) is 0 Å². The fraction of sp³-hybridized carbons (Fsp3) is 0.333. The Bertz CT molecular complexity index is 529. The minimum absolute atomic E-state index is 0.434. The average Bonchev–Trinajstić information content (AvgIpc) is 2.25. The molecule has 0 atom stereocenters. The van der Waals surface area contributed by atoms with Gasteiger partial charge in [-0.15, -0.1) is 0 Å². The molecule has 1 aromatic rings. The Balaban J connectivity index is 2.92. The van der Waals surface area contributed by atoms with Crippen LogP contribution in [0, 0.1) is 0 Å². The summed E-state index contributed by atoms with van der Waals surface area (Å²) >= 11 is 0. The van der Waals surface area contributed by atoms with Gasteiger partial charge in [0.05, 0.1) is 10.5 Å². The van der Waals surface area contributed by atoms with E-state index in [1.807, 2.05) is 0 Å². The molecule has 0 aliphatic rings. The molecule has 3 nitrogen and oxygen atoms in total. The topological polar surface area (TPSA) is 43.4 Å². The first-order valence-corrected chi connectivity index (χ1v) is 5.96. The van der Waals surface area contributed by atoms with E-state index in [1.165, 1.54) is 0 Å². The molecule has 0 aliphatic heterocycles. The second-order valence-corrected chi connectivity index (χ2v) is 4.97. The third-order valence-corrected chi connectivity index (χ3v) is 3.13. The zero-order chi connectivity index (χ0) is 14.9. The normalized spacial score (nSPS) is 13.6. The van der Waals surface area contributed by atoms with E-state index in [9.17, 15) is 34.8 Å². The maximum Gasteiger partial charge on any atom is 0.416 e. The van der Waals surface area contributed by atoms with Crippen molar-refractivity contribution in [1.29, 1.82) is 0 Å². The van der Waals surface area contributed by atoms with Crippen molar-refractivity contribution >= 4 is 10.1 Å². The third kappa shape index (κ3) is 4.71. The first-order valence-electron chi connectivity index (χ1n) is 4.55. The van der Waals surface area contributed by atoms with Gasteiger partial charge in [-0.2, -0.15) is 34.8 Å². The number of hydrogen-bond donors (Lipinski definition) is 0. The van der Waals surface area contributed by atoms with Crippen LogP contribution in [0.15, 0.2) is 29.2 Å². The van der Waals surface area contributed by atoms with Crippen LogP contribution < -0.4 is 0 Å². The van der Waals surface area contributed by atoms with Gasteiger partial charge in [0.15, 0.2) is 6.61 Å². The van der Waals surface area contributed by atoms with E-state index in [1.54, 1.807) is 0 Å². The summed E-state index contributed by atoms with van der Waals surface area (Å²) in [6.07, 6.45) is -9.53. The molecule has 0 unspecified atom stereocenters. The minimum Gasteiger partial charge on any atom is -0.257 e. The summed E-state index contributed by atoms with van der Waals surface area (Å²) in [4.78, 5) is -0.787. The van der Waals surface area contributed by atoms with Gasteiger partial charge in [0.25, 0.3) is 10.1 Å². The van der Waals surface area contributed by atoms with Crippen LogP contribution in [-0.2, 0) is 20.5 Å². The van der Waals surface area contributed by atoms with Crippen LogP contribution in [-0.4, -0.2) is 21.2 Å². The Morgan fingerprint density at radius 1 is 0.947 bits per heavy atom. The Hall–Kier alpha value is -1.29. The highest BCUT2D eigenvalue weighted by molar-refractivity contribution is 7.86. The molecular formula is C9H6F6O3S. The van der Waals surface area contributed by atoms with E-state index >= 15 is 0 Å². The largest absolute Gasteiger partial charge is 0.416 e. The van der Waals surface area contributed by atoms with Crippen molar-refractivity contribution in [2.24, 2.45) is 0 Å². The molecule has 0 saturated heterocycles. The summed E-state index contributed by atoms with van der Waals surface area (Å²) in [6.45, 7) is -2.05. The first kappa shape index (κ1) is 15.8. The second kappa shape index (κ2) is 5.00. The SMILES string of the molecule is O=S(=O)(OCC(F)(F)F)c1ccc(C(F)(F)F)cc1. The van der Waals surface area contributed by atoms with Crippen LogP contribution in [0.3, 0.4) is 0 Å². The van der Waals surface area contributed by atoms with Crippen molar-refractivity contribution in [1.82, 2.24) is 0 Å². The molecule has 10 heteroatoms. The predicted octanol–water partition coefficient (Wildman–Crippen LogP) is 2.97. The van der Waals surface area contributed by atoms with Gasteiger partial charge >= 0.3 is 12.4 Å². The molecule has 0 fully saturated rings. The van der Waals surface area contributed by atoms with E-state index in [2.05, 4.69) is 4.18 Å². The highest BCUT2D eigenvalue weighted by Crippen LogP contribution is 2.30. The molecule has 0 N–H and O–H groups in total. The summed E-state index contributed by atoms with van der Waals surface area (Å²) in [5, 5.41) is 0. The van der Waals surface area contributed by atoms with Crippen molar-refractivity contribution < 1.29 is 38.9 Å². The maximum atomic E-state index is 12.2. The Morgan fingerprint density at radius 3 is 1.79 bits per heavy atom. The van der Waals surface area contributed by atoms with Crippen LogP contribution >= 0.6 is 0 Å². The molecule has 108 valence electrons. The standard InChI is InChI=1S/C9H6F6O3S/c10-8(11,12)5-18-19(16,17)7-3-1-6(2-4-7)9(13,14)15/h1-4H,5H2.